The molecule has 1 aliphatic heterocycles. The summed E-state index contributed by atoms with van der Waals surface area (Å²) in [5.41, 5.74) is 3.30. The summed E-state index contributed by atoms with van der Waals surface area (Å²) in [7, 11) is 1.74. The number of hydrogen-bond donors (Lipinski definition) is 0. The van der Waals surface area contributed by atoms with Crippen molar-refractivity contribution in [1.29, 1.82) is 0 Å². The number of imide groups is 1. The maximum absolute atomic E-state index is 12.9. The van der Waals surface area contributed by atoms with E-state index in [1.54, 1.807) is 41.5 Å². The number of benzene rings is 2. The lowest BCUT2D eigenvalue weighted by atomic mass is 10.0. The predicted molar refractivity (Wildman–Crippen MR) is 117 cm³/mol. The number of amides is 3. The third-order valence-electron chi connectivity index (χ3n) is 5.38. The van der Waals surface area contributed by atoms with E-state index >= 15 is 0 Å². The first-order valence-corrected chi connectivity index (χ1v) is 10.7. The van der Waals surface area contributed by atoms with Crippen molar-refractivity contribution >= 4 is 29.1 Å². The van der Waals surface area contributed by atoms with Gasteiger partial charge in [-0.2, -0.15) is 0 Å². The molecule has 0 aliphatic carbocycles. The summed E-state index contributed by atoms with van der Waals surface area (Å²) in [6, 6.07) is 16.6. The summed E-state index contributed by atoms with van der Waals surface area (Å²) >= 11 is 1.62. The fraction of sp³-hybridized carbons (Fsp3) is 0.208. The van der Waals surface area contributed by atoms with Gasteiger partial charge < -0.3 is 4.90 Å². The Kier molecular flexibility index (Phi) is 5.50. The molecule has 0 N–H and O–H groups in total. The van der Waals surface area contributed by atoms with Crippen LogP contribution in [0.3, 0.4) is 0 Å². The second-order valence-corrected chi connectivity index (χ2v) is 8.45. The fourth-order valence-electron chi connectivity index (χ4n) is 3.59. The Labute approximate surface area is 179 Å². The predicted octanol–water partition coefficient (Wildman–Crippen LogP) is 4.17. The number of carbonyl (C=O) groups is 3. The standard InChI is InChI=1S/C24H22N2O3S/c1-16-11-13-30-21(16)15-25(2)22(27)18-8-9-19-20(14-18)24(29)26(23(19)28)12-10-17-6-4-3-5-7-17/h3-9,11,13-14H,10,12,15H2,1-2H3. The van der Waals surface area contributed by atoms with E-state index in [2.05, 4.69) is 0 Å². The van der Waals surface area contributed by atoms with E-state index in [-0.39, 0.29) is 17.7 Å². The Morgan fingerprint density at radius 2 is 1.73 bits per heavy atom. The van der Waals surface area contributed by atoms with Gasteiger partial charge in [-0.1, -0.05) is 30.3 Å². The zero-order valence-electron chi connectivity index (χ0n) is 16.9. The average molecular weight is 419 g/mol. The van der Waals surface area contributed by atoms with Gasteiger partial charge in [0.15, 0.2) is 0 Å². The molecule has 0 spiro atoms. The summed E-state index contributed by atoms with van der Waals surface area (Å²) in [4.78, 5) is 42.5. The van der Waals surface area contributed by atoms with Gasteiger partial charge in [-0.15, -0.1) is 11.3 Å². The summed E-state index contributed by atoms with van der Waals surface area (Å²) in [6.45, 7) is 2.85. The SMILES string of the molecule is Cc1ccsc1CN(C)C(=O)c1ccc2c(c1)C(=O)N(CCc1ccccc1)C2=O. The summed E-state index contributed by atoms with van der Waals surface area (Å²) in [5, 5.41) is 2.01. The molecule has 3 amide bonds. The molecule has 1 aliphatic rings. The Hall–Kier alpha value is -3.25. The molecule has 1 aromatic heterocycles. The quantitative estimate of drug-likeness (QED) is 0.565. The van der Waals surface area contributed by atoms with Gasteiger partial charge in [-0.25, -0.2) is 0 Å². The van der Waals surface area contributed by atoms with E-state index in [1.807, 2.05) is 48.7 Å². The Balaban J connectivity index is 1.50. The van der Waals surface area contributed by atoms with E-state index in [9.17, 15) is 14.4 Å². The summed E-state index contributed by atoms with van der Waals surface area (Å²) < 4.78 is 0. The van der Waals surface area contributed by atoms with Crippen molar-refractivity contribution < 1.29 is 14.4 Å². The van der Waals surface area contributed by atoms with Crippen molar-refractivity contribution in [2.45, 2.75) is 19.9 Å². The Bertz CT molecular complexity index is 1120. The molecule has 0 radical (unpaired) electrons. The van der Waals surface area contributed by atoms with Gasteiger partial charge in [-0.05, 0) is 54.1 Å². The molecule has 0 fully saturated rings. The van der Waals surface area contributed by atoms with Crippen molar-refractivity contribution in [3.63, 3.8) is 0 Å². The molecule has 0 saturated heterocycles. The van der Waals surface area contributed by atoms with Crippen LogP contribution in [0.25, 0.3) is 0 Å². The third kappa shape index (κ3) is 3.78. The molecule has 4 rings (SSSR count). The van der Waals surface area contributed by atoms with Crippen LogP contribution in [0.5, 0.6) is 0 Å². The topological polar surface area (TPSA) is 57.7 Å². The molecule has 0 bridgehead atoms. The number of thiophene rings is 1. The highest BCUT2D eigenvalue weighted by Gasteiger charge is 2.35. The van der Waals surface area contributed by atoms with Crippen LogP contribution in [0.15, 0.2) is 60.0 Å². The second-order valence-electron chi connectivity index (χ2n) is 7.45. The first-order chi connectivity index (χ1) is 14.5. The molecule has 0 atom stereocenters. The van der Waals surface area contributed by atoms with Crippen LogP contribution in [-0.2, 0) is 13.0 Å². The van der Waals surface area contributed by atoms with Crippen LogP contribution in [0, 0.1) is 6.92 Å². The van der Waals surface area contributed by atoms with Crippen LogP contribution in [-0.4, -0.2) is 41.1 Å². The number of aryl methyl sites for hydroxylation is 1. The molecule has 152 valence electrons. The molecule has 30 heavy (non-hydrogen) atoms. The summed E-state index contributed by atoms with van der Waals surface area (Å²) in [5.74, 6) is -0.807. The number of nitrogens with zero attached hydrogens (tertiary/aromatic N) is 2. The van der Waals surface area contributed by atoms with Crippen molar-refractivity contribution in [3.8, 4) is 0 Å². The molecule has 2 aromatic carbocycles. The molecule has 5 nitrogen and oxygen atoms in total. The molecule has 3 aromatic rings. The first kappa shape index (κ1) is 20.0. The van der Waals surface area contributed by atoms with Crippen molar-refractivity contribution in [2.24, 2.45) is 0 Å². The Morgan fingerprint density at radius 1 is 1.00 bits per heavy atom. The molecule has 0 saturated carbocycles. The number of carbonyl (C=O) groups excluding carboxylic acids is 3. The van der Waals surface area contributed by atoms with Crippen LogP contribution < -0.4 is 0 Å². The van der Waals surface area contributed by atoms with Crippen LogP contribution in [0.1, 0.15) is 47.1 Å². The van der Waals surface area contributed by atoms with E-state index in [0.717, 1.165) is 16.0 Å². The minimum atomic E-state index is -0.336. The normalized spacial score (nSPS) is 12.9. The van der Waals surface area contributed by atoms with Gasteiger partial charge in [0.2, 0.25) is 0 Å². The van der Waals surface area contributed by atoms with Gasteiger partial charge in [0.05, 0.1) is 17.7 Å². The van der Waals surface area contributed by atoms with Gasteiger partial charge in [0, 0.05) is 24.0 Å². The zero-order chi connectivity index (χ0) is 21.3. The smallest absolute Gasteiger partial charge is 0.261 e. The van der Waals surface area contributed by atoms with E-state index < -0.39 is 0 Å². The lowest BCUT2D eigenvalue weighted by Crippen LogP contribution is -2.31. The molecule has 2 heterocycles. The average Bonchev–Trinajstić information content (AvgIpc) is 3.27. The highest BCUT2D eigenvalue weighted by atomic mass is 32.1. The lowest BCUT2D eigenvalue weighted by molar-refractivity contribution is 0.0655. The van der Waals surface area contributed by atoms with Gasteiger partial charge >= 0.3 is 0 Å². The largest absolute Gasteiger partial charge is 0.337 e. The van der Waals surface area contributed by atoms with Crippen molar-refractivity contribution in [3.05, 3.63) is 92.7 Å². The Morgan fingerprint density at radius 3 is 2.43 bits per heavy atom. The summed E-state index contributed by atoms with van der Waals surface area (Å²) in [6.07, 6.45) is 0.598. The molecular formula is C24H22N2O3S. The van der Waals surface area contributed by atoms with E-state index in [4.69, 9.17) is 0 Å². The van der Waals surface area contributed by atoms with Crippen molar-refractivity contribution in [2.75, 3.05) is 13.6 Å². The molecular weight excluding hydrogens is 396 g/mol. The second kappa shape index (κ2) is 8.24. The first-order valence-electron chi connectivity index (χ1n) is 9.78. The number of hydrogen-bond acceptors (Lipinski definition) is 4. The lowest BCUT2D eigenvalue weighted by Gasteiger charge is -2.17. The van der Waals surface area contributed by atoms with Gasteiger partial charge in [0.1, 0.15) is 0 Å². The van der Waals surface area contributed by atoms with Crippen LogP contribution in [0.2, 0.25) is 0 Å². The molecule has 0 unspecified atom stereocenters. The minimum absolute atomic E-state index is 0.173. The molecule has 6 heteroatoms. The van der Waals surface area contributed by atoms with E-state index in [1.165, 1.54) is 4.90 Å². The maximum atomic E-state index is 12.9. The third-order valence-corrected chi connectivity index (χ3v) is 6.39. The van der Waals surface area contributed by atoms with Gasteiger partial charge in [0.25, 0.3) is 17.7 Å². The number of rotatable bonds is 6. The van der Waals surface area contributed by atoms with Crippen molar-refractivity contribution in [1.82, 2.24) is 9.80 Å². The highest BCUT2D eigenvalue weighted by molar-refractivity contribution is 7.10. The maximum Gasteiger partial charge on any atom is 0.261 e. The monoisotopic (exact) mass is 418 g/mol. The van der Waals surface area contributed by atoms with Crippen LogP contribution >= 0.6 is 11.3 Å². The zero-order valence-corrected chi connectivity index (χ0v) is 17.7. The van der Waals surface area contributed by atoms with Crippen LogP contribution in [0.4, 0.5) is 0 Å². The minimum Gasteiger partial charge on any atom is -0.337 e. The fourth-order valence-corrected chi connectivity index (χ4v) is 4.54. The number of fused-ring (bicyclic) bond motifs is 1. The highest BCUT2D eigenvalue weighted by Crippen LogP contribution is 2.25. The van der Waals surface area contributed by atoms with E-state index in [0.29, 0.717) is 36.2 Å². The van der Waals surface area contributed by atoms with Gasteiger partial charge in [-0.3, -0.25) is 19.3 Å².